The third-order valence-corrected chi connectivity index (χ3v) is 5.27. The molecule has 2 aromatic rings. The van der Waals surface area contributed by atoms with Crippen LogP contribution in [0.3, 0.4) is 0 Å². The topological polar surface area (TPSA) is 29.1 Å². The van der Waals surface area contributed by atoms with Gasteiger partial charge in [0, 0.05) is 20.8 Å². The number of amides is 1. The van der Waals surface area contributed by atoms with Gasteiger partial charge >= 0.3 is 0 Å². The highest BCUT2D eigenvalue weighted by Gasteiger charge is 2.21. The molecule has 6 heteroatoms. The van der Waals surface area contributed by atoms with E-state index in [9.17, 15) is 13.6 Å². The van der Waals surface area contributed by atoms with Crippen molar-refractivity contribution in [2.75, 3.05) is 5.32 Å². The summed E-state index contributed by atoms with van der Waals surface area (Å²) in [6.07, 6.45) is 4.10. The van der Waals surface area contributed by atoms with Crippen LogP contribution in [-0.2, 0) is 12.8 Å². The maximum Gasteiger partial charge on any atom is 0.256 e. The van der Waals surface area contributed by atoms with E-state index in [1.54, 1.807) is 11.3 Å². The summed E-state index contributed by atoms with van der Waals surface area (Å²) in [6.45, 7) is 0. The van der Waals surface area contributed by atoms with E-state index in [4.69, 9.17) is 0 Å². The molecular weight excluding hydrogens is 360 g/mol. The fraction of sp³-hybridized carbons (Fsp3) is 0.267. The lowest BCUT2D eigenvalue weighted by Crippen LogP contribution is -2.16. The summed E-state index contributed by atoms with van der Waals surface area (Å²) in [7, 11) is 0. The van der Waals surface area contributed by atoms with Crippen LogP contribution in [0.4, 0.5) is 14.5 Å². The average molecular weight is 372 g/mol. The lowest BCUT2D eigenvalue weighted by molar-refractivity contribution is 0.102. The minimum Gasteiger partial charge on any atom is -0.318 e. The zero-order chi connectivity index (χ0) is 15.0. The molecule has 1 aliphatic carbocycles. The first-order chi connectivity index (χ1) is 10.1. The van der Waals surface area contributed by atoms with Gasteiger partial charge in [0.15, 0.2) is 5.82 Å². The summed E-state index contributed by atoms with van der Waals surface area (Å²) in [5.74, 6) is -1.83. The molecule has 110 valence electrons. The van der Waals surface area contributed by atoms with E-state index in [2.05, 4.69) is 21.2 Å². The van der Waals surface area contributed by atoms with Crippen LogP contribution in [0.25, 0.3) is 0 Å². The lowest BCUT2D eigenvalue weighted by Gasteiger charge is -2.13. The number of thiophene rings is 1. The van der Waals surface area contributed by atoms with Crippen molar-refractivity contribution in [2.24, 2.45) is 0 Å². The Labute approximate surface area is 133 Å². The van der Waals surface area contributed by atoms with Crippen molar-refractivity contribution in [1.82, 2.24) is 0 Å². The van der Waals surface area contributed by atoms with Gasteiger partial charge in [0.05, 0.1) is 11.3 Å². The SMILES string of the molecule is O=C(Nc1c(F)cc(F)cc1Br)c1csc2c1CCCC2. The normalized spacial score (nSPS) is 13.9. The van der Waals surface area contributed by atoms with Crippen LogP contribution in [0, 0.1) is 11.6 Å². The molecule has 2 nitrogen and oxygen atoms in total. The predicted octanol–water partition coefficient (Wildman–Crippen LogP) is 4.92. The Morgan fingerprint density at radius 1 is 1.24 bits per heavy atom. The van der Waals surface area contributed by atoms with E-state index < -0.39 is 11.6 Å². The van der Waals surface area contributed by atoms with Gasteiger partial charge in [0.2, 0.25) is 0 Å². The minimum atomic E-state index is -0.792. The third-order valence-electron chi connectivity index (χ3n) is 3.55. The first-order valence-electron chi connectivity index (χ1n) is 6.61. The van der Waals surface area contributed by atoms with E-state index in [0.717, 1.165) is 43.4 Å². The van der Waals surface area contributed by atoms with Gasteiger partial charge < -0.3 is 5.32 Å². The number of halogens is 3. The molecular formula is C15H12BrF2NOS. The number of hydrogen-bond donors (Lipinski definition) is 1. The molecule has 0 bridgehead atoms. The molecule has 1 aromatic carbocycles. The number of carbonyl (C=O) groups excluding carboxylic acids is 1. The summed E-state index contributed by atoms with van der Waals surface area (Å²) in [5, 5.41) is 4.36. The van der Waals surface area contributed by atoms with Gasteiger partial charge in [-0.05, 0) is 53.2 Å². The first-order valence-corrected chi connectivity index (χ1v) is 8.28. The average Bonchev–Trinajstić information content (AvgIpc) is 2.86. The number of aryl methyl sites for hydroxylation is 1. The van der Waals surface area contributed by atoms with Crippen molar-refractivity contribution in [1.29, 1.82) is 0 Å². The molecule has 1 heterocycles. The van der Waals surface area contributed by atoms with E-state index in [1.807, 2.05) is 5.38 Å². The zero-order valence-corrected chi connectivity index (χ0v) is 13.4. The first kappa shape index (κ1) is 14.7. The molecule has 1 aliphatic rings. The molecule has 3 rings (SSSR count). The molecule has 0 fully saturated rings. The number of nitrogens with one attached hydrogen (secondary N) is 1. The van der Waals surface area contributed by atoms with Gasteiger partial charge in [-0.1, -0.05) is 0 Å². The second-order valence-corrected chi connectivity index (χ2v) is 6.78. The summed E-state index contributed by atoms with van der Waals surface area (Å²) in [5.41, 5.74) is 1.64. The van der Waals surface area contributed by atoms with Gasteiger partial charge in [-0.25, -0.2) is 8.78 Å². The van der Waals surface area contributed by atoms with Gasteiger partial charge in [-0.2, -0.15) is 0 Å². The second kappa shape index (κ2) is 5.85. The van der Waals surface area contributed by atoms with Crippen LogP contribution in [-0.4, -0.2) is 5.91 Å². The quantitative estimate of drug-likeness (QED) is 0.797. The summed E-state index contributed by atoms with van der Waals surface area (Å²) in [4.78, 5) is 13.6. The number of benzene rings is 1. The van der Waals surface area contributed by atoms with Crippen molar-refractivity contribution in [3.05, 3.63) is 49.6 Å². The Bertz CT molecular complexity index is 691. The molecule has 21 heavy (non-hydrogen) atoms. The Kier molecular flexibility index (Phi) is 4.08. The van der Waals surface area contributed by atoms with E-state index in [1.165, 1.54) is 4.88 Å². The van der Waals surface area contributed by atoms with E-state index in [-0.39, 0.29) is 16.1 Å². The Hall–Kier alpha value is -1.27. The number of hydrogen-bond acceptors (Lipinski definition) is 2. The van der Waals surface area contributed by atoms with Crippen molar-refractivity contribution >= 4 is 38.9 Å². The molecule has 1 amide bonds. The van der Waals surface area contributed by atoms with Crippen LogP contribution in [0.5, 0.6) is 0 Å². The fourth-order valence-electron chi connectivity index (χ4n) is 2.53. The second-order valence-electron chi connectivity index (χ2n) is 4.96. The van der Waals surface area contributed by atoms with Gasteiger partial charge in [0.25, 0.3) is 5.91 Å². The molecule has 0 saturated carbocycles. The number of anilines is 1. The lowest BCUT2D eigenvalue weighted by atomic mass is 9.95. The van der Waals surface area contributed by atoms with Crippen molar-refractivity contribution in [3.63, 3.8) is 0 Å². The largest absolute Gasteiger partial charge is 0.318 e. The van der Waals surface area contributed by atoms with E-state index in [0.29, 0.717) is 5.56 Å². The molecule has 0 saturated heterocycles. The molecule has 1 N–H and O–H groups in total. The van der Waals surface area contributed by atoms with Gasteiger partial charge in [-0.3, -0.25) is 4.79 Å². The summed E-state index contributed by atoms with van der Waals surface area (Å²) < 4.78 is 27.0. The Morgan fingerprint density at radius 3 is 2.76 bits per heavy atom. The van der Waals surface area contributed by atoms with Crippen molar-refractivity contribution in [3.8, 4) is 0 Å². The number of rotatable bonds is 2. The van der Waals surface area contributed by atoms with Gasteiger partial charge in [0.1, 0.15) is 5.82 Å². The molecule has 0 unspecified atom stereocenters. The van der Waals surface area contributed by atoms with Gasteiger partial charge in [-0.15, -0.1) is 11.3 Å². The fourth-order valence-corrected chi connectivity index (χ4v) is 4.16. The standard InChI is InChI=1S/C15H12BrF2NOS/c16-11-5-8(17)6-12(18)14(11)19-15(20)10-7-21-13-4-2-1-3-9(10)13/h5-7H,1-4H2,(H,19,20). The highest BCUT2D eigenvalue weighted by atomic mass is 79.9. The van der Waals surface area contributed by atoms with Crippen LogP contribution >= 0.6 is 27.3 Å². The summed E-state index contributed by atoms with van der Waals surface area (Å²) in [6, 6.07) is 1.88. The smallest absolute Gasteiger partial charge is 0.256 e. The molecule has 0 atom stereocenters. The van der Waals surface area contributed by atoms with Crippen LogP contribution in [0.2, 0.25) is 0 Å². The van der Waals surface area contributed by atoms with E-state index >= 15 is 0 Å². The third kappa shape index (κ3) is 2.87. The monoisotopic (exact) mass is 371 g/mol. The van der Waals surface area contributed by atoms with Crippen molar-refractivity contribution < 1.29 is 13.6 Å². The Morgan fingerprint density at radius 2 is 2.00 bits per heavy atom. The minimum absolute atomic E-state index is 0.0304. The predicted molar refractivity (Wildman–Crippen MR) is 83.0 cm³/mol. The maximum atomic E-state index is 13.8. The van der Waals surface area contributed by atoms with Crippen molar-refractivity contribution in [2.45, 2.75) is 25.7 Å². The maximum absolute atomic E-state index is 13.8. The van der Waals surface area contributed by atoms with Crippen LogP contribution < -0.4 is 5.32 Å². The molecule has 1 aromatic heterocycles. The summed E-state index contributed by atoms with van der Waals surface area (Å²) >= 11 is 4.65. The van der Waals surface area contributed by atoms with Crippen LogP contribution in [0.15, 0.2) is 22.0 Å². The Balaban J connectivity index is 1.89. The number of fused-ring (bicyclic) bond motifs is 1. The number of carbonyl (C=O) groups is 1. The molecule has 0 spiro atoms. The highest BCUT2D eigenvalue weighted by molar-refractivity contribution is 9.10. The highest BCUT2D eigenvalue weighted by Crippen LogP contribution is 2.32. The molecule has 0 aliphatic heterocycles. The zero-order valence-electron chi connectivity index (χ0n) is 11.0. The van der Waals surface area contributed by atoms with Crippen LogP contribution in [0.1, 0.15) is 33.6 Å². The molecule has 0 radical (unpaired) electrons.